The Morgan fingerprint density at radius 3 is 2.28 bits per heavy atom. The van der Waals surface area contributed by atoms with E-state index in [1.54, 1.807) is 7.11 Å². The zero-order chi connectivity index (χ0) is 14.2. The molecule has 0 heterocycles. The summed E-state index contributed by atoms with van der Waals surface area (Å²) >= 11 is 0. The maximum absolute atomic E-state index is 12.2. The molecule has 6 heteroatoms. The number of rotatable bonds is 10. The van der Waals surface area contributed by atoms with E-state index < -0.39 is 10.0 Å². The second-order valence-corrected chi connectivity index (χ2v) is 7.26. The maximum atomic E-state index is 12.2. The molecule has 0 atom stereocenters. The van der Waals surface area contributed by atoms with Crippen LogP contribution in [0.4, 0.5) is 0 Å². The Morgan fingerprint density at radius 2 is 1.83 bits per heavy atom. The molecule has 0 bridgehead atoms. The van der Waals surface area contributed by atoms with E-state index in [9.17, 15) is 8.42 Å². The molecule has 0 spiro atoms. The molecule has 0 fully saturated rings. The number of nitrogens with zero attached hydrogens (tertiary/aromatic N) is 1. The third kappa shape index (κ3) is 8.02. The minimum atomic E-state index is -3.19. The Bertz CT molecular complexity index is 302. The van der Waals surface area contributed by atoms with Gasteiger partial charge >= 0.3 is 0 Å². The van der Waals surface area contributed by atoms with Gasteiger partial charge in [-0.3, -0.25) is 0 Å². The van der Waals surface area contributed by atoms with Crippen molar-refractivity contribution in [3.05, 3.63) is 0 Å². The third-order valence-electron chi connectivity index (χ3n) is 2.42. The molecule has 0 saturated carbocycles. The molecule has 1 N–H and O–H groups in total. The number of hydrogen-bond donors (Lipinski definition) is 1. The molecule has 0 aliphatic rings. The average molecular weight is 280 g/mol. The summed E-state index contributed by atoms with van der Waals surface area (Å²) in [6, 6.07) is 0.303. The molecule has 110 valence electrons. The average Bonchev–Trinajstić information content (AvgIpc) is 2.22. The lowest BCUT2D eigenvalue weighted by Gasteiger charge is -2.24. The van der Waals surface area contributed by atoms with Gasteiger partial charge in [0.2, 0.25) is 10.0 Å². The SMILES string of the molecule is COCCN(CC(C)C)S(=O)(=O)CCNC(C)C. The number of hydrogen-bond acceptors (Lipinski definition) is 4. The lowest BCUT2D eigenvalue weighted by Crippen LogP contribution is -2.41. The first-order chi connectivity index (χ1) is 8.29. The standard InChI is InChI=1S/C12H28N2O3S/c1-11(2)10-14(7-8-17-5)18(15,16)9-6-13-12(3)4/h11-13H,6-10H2,1-5H3. The van der Waals surface area contributed by atoms with E-state index in [-0.39, 0.29) is 5.75 Å². The van der Waals surface area contributed by atoms with Crippen LogP contribution in [0.2, 0.25) is 0 Å². The fraction of sp³-hybridized carbons (Fsp3) is 1.00. The molecule has 0 unspecified atom stereocenters. The highest BCUT2D eigenvalue weighted by molar-refractivity contribution is 7.89. The predicted molar refractivity (Wildman–Crippen MR) is 75.2 cm³/mol. The summed E-state index contributed by atoms with van der Waals surface area (Å²) < 4.78 is 30.9. The summed E-state index contributed by atoms with van der Waals surface area (Å²) in [6.45, 7) is 9.94. The van der Waals surface area contributed by atoms with Gasteiger partial charge in [0.1, 0.15) is 0 Å². The molecule has 0 aromatic heterocycles. The van der Waals surface area contributed by atoms with Crippen molar-refractivity contribution in [1.29, 1.82) is 0 Å². The Hall–Kier alpha value is -0.170. The van der Waals surface area contributed by atoms with Gasteiger partial charge in [0.05, 0.1) is 12.4 Å². The molecule has 0 saturated heterocycles. The molecule has 5 nitrogen and oxygen atoms in total. The fourth-order valence-corrected chi connectivity index (χ4v) is 3.06. The van der Waals surface area contributed by atoms with Crippen molar-refractivity contribution in [2.24, 2.45) is 5.92 Å². The van der Waals surface area contributed by atoms with Crippen LogP contribution in [0, 0.1) is 5.92 Å². The van der Waals surface area contributed by atoms with Gasteiger partial charge < -0.3 is 10.1 Å². The van der Waals surface area contributed by atoms with Crippen LogP contribution in [0.1, 0.15) is 27.7 Å². The van der Waals surface area contributed by atoms with Crippen molar-refractivity contribution >= 4 is 10.0 Å². The zero-order valence-electron chi connectivity index (χ0n) is 12.3. The summed E-state index contributed by atoms with van der Waals surface area (Å²) in [6.07, 6.45) is 0. The summed E-state index contributed by atoms with van der Waals surface area (Å²) in [5.74, 6) is 0.455. The van der Waals surface area contributed by atoms with Gasteiger partial charge in [0.15, 0.2) is 0 Å². The Morgan fingerprint density at radius 1 is 1.22 bits per heavy atom. The van der Waals surface area contributed by atoms with Crippen LogP contribution in [0.25, 0.3) is 0 Å². The number of nitrogens with one attached hydrogen (secondary N) is 1. The molecule has 18 heavy (non-hydrogen) atoms. The van der Waals surface area contributed by atoms with E-state index in [1.807, 2.05) is 27.7 Å². The lowest BCUT2D eigenvalue weighted by molar-refractivity contribution is 0.175. The van der Waals surface area contributed by atoms with Gasteiger partial charge in [-0.25, -0.2) is 8.42 Å². The fourth-order valence-electron chi connectivity index (χ4n) is 1.55. The molecule has 0 radical (unpaired) electrons. The first-order valence-corrected chi connectivity index (χ1v) is 8.10. The zero-order valence-corrected chi connectivity index (χ0v) is 13.1. The number of methoxy groups -OCH3 is 1. The van der Waals surface area contributed by atoms with E-state index in [4.69, 9.17) is 4.74 Å². The Balaban J connectivity index is 4.43. The predicted octanol–water partition coefficient (Wildman–Crippen LogP) is 0.919. The first-order valence-electron chi connectivity index (χ1n) is 6.49. The highest BCUT2D eigenvalue weighted by atomic mass is 32.2. The number of sulfonamides is 1. The van der Waals surface area contributed by atoms with Gasteiger partial charge in [-0.1, -0.05) is 27.7 Å². The molecule has 0 rings (SSSR count). The van der Waals surface area contributed by atoms with Gasteiger partial charge in [-0.15, -0.1) is 0 Å². The maximum Gasteiger partial charge on any atom is 0.215 e. The van der Waals surface area contributed by atoms with Crippen LogP contribution in [0.5, 0.6) is 0 Å². The molecule has 0 aliphatic carbocycles. The molecular formula is C12H28N2O3S. The van der Waals surface area contributed by atoms with Crippen molar-refractivity contribution in [3.63, 3.8) is 0 Å². The molecule has 0 aromatic rings. The van der Waals surface area contributed by atoms with Crippen LogP contribution < -0.4 is 5.32 Å². The van der Waals surface area contributed by atoms with Gasteiger partial charge in [0.25, 0.3) is 0 Å². The summed E-state index contributed by atoms with van der Waals surface area (Å²) in [7, 11) is -1.61. The van der Waals surface area contributed by atoms with E-state index in [0.717, 1.165) is 0 Å². The van der Waals surface area contributed by atoms with E-state index >= 15 is 0 Å². The minimum absolute atomic E-state index is 0.140. The van der Waals surface area contributed by atoms with Crippen LogP contribution in [-0.2, 0) is 14.8 Å². The Kier molecular flexibility index (Phi) is 8.77. The molecular weight excluding hydrogens is 252 g/mol. The smallest absolute Gasteiger partial charge is 0.215 e. The highest BCUT2D eigenvalue weighted by Crippen LogP contribution is 2.06. The van der Waals surface area contributed by atoms with Crippen LogP contribution >= 0.6 is 0 Å². The van der Waals surface area contributed by atoms with Gasteiger partial charge in [-0.05, 0) is 5.92 Å². The summed E-state index contributed by atoms with van der Waals surface area (Å²) in [4.78, 5) is 0. The largest absolute Gasteiger partial charge is 0.383 e. The number of ether oxygens (including phenoxy) is 1. The minimum Gasteiger partial charge on any atom is -0.383 e. The molecule has 0 amide bonds. The van der Waals surface area contributed by atoms with E-state index in [0.29, 0.717) is 38.2 Å². The van der Waals surface area contributed by atoms with Crippen molar-refractivity contribution in [2.75, 3.05) is 39.1 Å². The Labute approximate surface area is 112 Å². The highest BCUT2D eigenvalue weighted by Gasteiger charge is 2.22. The van der Waals surface area contributed by atoms with Crippen molar-refractivity contribution in [3.8, 4) is 0 Å². The van der Waals surface area contributed by atoms with E-state index in [2.05, 4.69) is 5.32 Å². The van der Waals surface area contributed by atoms with Crippen molar-refractivity contribution in [1.82, 2.24) is 9.62 Å². The summed E-state index contributed by atoms with van der Waals surface area (Å²) in [5, 5.41) is 3.13. The molecule has 0 aromatic carbocycles. The van der Waals surface area contributed by atoms with Crippen LogP contribution in [0.3, 0.4) is 0 Å². The quantitative estimate of drug-likeness (QED) is 0.646. The van der Waals surface area contributed by atoms with Crippen molar-refractivity contribution < 1.29 is 13.2 Å². The monoisotopic (exact) mass is 280 g/mol. The molecule has 0 aliphatic heterocycles. The van der Waals surface area contributed by atoms with E-state index in [1.165, 1.54) is 4.31 Å². The normalized spacial score (nSPS) is 12.9. The first kappa shape index (κ1) is 17.8. The second kappa shape index (κ2) is 8.85. The van der Waals surface area contributed by atoms with Gasteiger partial charge in [0, 0.05) is 32.8 Å². The van der Waals surface area contributed by atoms with Crippen LogP contribution in [-0.4, -0.2) is 57.9 Å². The lowest BCUT2D eigenvalue weighted by atomic mass is 10.2. The van der Waals surface area contributed by atoms with Gasteiger partial charge in [-0.2, -0.15) is 4.31 Å². The summed E-state index contributed by atoms with van der Waals surface area (Å²) in [5.41, 5.74) is 0. The third-order valence-corrected chi connectivity index (χ3v) is 4.26. The van der Waals surface area contributed by atoms with Crippen LogP contribution in [0.15, 0.2) is 0 Å². The second-order valence-electron chi connectivity index (χ2n) is 5.17. The topological polar surface area (TPSA) is 58.6 Å². The van der Waals surface area contributed by atoms with Crippen molar-refractivity contribution in [2.45, 2.75) is 33.7 Å².